The maximum absolute atomic E-state index is 12.1. The number of nitrogens with one attached hydrogen (secondary N) is 1. The molecule has 0 atom stereocenters. The Hall–Kier alpha value is -1.07. The third kappa shape index (κ3) is 3.70. The minimum absolute atomic E-state index is 0.224. The predicted octanol–water partition coefficient (Wildman–Crippen LogP) is 2.14. The highest BCUT2D eigenvalue weighted by molar-refractivity contribution is 6.32. The molecule has 1 N–H and O–H groups in total. The molecule has 1 saturated heterocycles. The van der Waals surface area contributed by atoms with Crippen molar-refractivity contribution in [3.8, 4) is 0 Å². The number of hydrogen-bond acceptors (Lipinski definition) is 4. The van der Waals surface area contributed by atoms with Gasteiger partial charge in [-0.05, 0) is 18.8 Å². The standard InChI is InChI=1S/C13H20ClN3O2/c1-9(2)8-17-13(18)12(14)11(7-15-17)16-10-3-5-19-6-4-10/h7,9-10,16H,3-6,8H2,1-2H3. The molecule has 1 aliphatic rings. The van der Waals surface area contributed by atoms with Crippen LogP contribution in [0.2, 0.25) is 5.02 Å². The van der Waals surface area contributed by atoms with Crippen LogP contribution in [0.5, 0.6) is 0 Å². The molecule has 19 heavy (non-hydrogen) atoms. The van der Waals surface area contributed by atoms with E-state index in [9.17, 15) is 4.79 Å². The topological polar surface area (TPSA) is 56.1 Å². The number of hydrogen-bond donors (Lipinski definition) is 1. The largest absolute Gasteiger partial charge is 0.381 e. The summed E-state index contributed by atoms with van der Waals surface area (Å²) in [7, 11) is 0. The molecule has 0 aromatic carbocycles. The Morgan fingerprint density at radius 2 is 2.21 bits per heavy atom. The van der Waals surface area contributed by atoms with Crippen molar-refractivity contribution >= 4 is 17.3 Å². The summed E-state index contributed by atoms with van der Waals surface area (Å²) in [5, 5.41) is 7.68. The lowest BCUT2D eigenvalue weighted by molar-refractivity contribution is 0.0904. The van der Waals surface area contributed by atoms with Gasteiger partial charge in [0.2, 0.25) is 0 Å². The zero-order valence-corrected chi connectivity index (χ0v) is 12.1. The number of nitrogens with zero attached hydrogens (tertiary/aromatic N) is 2. The van der Waals surface area contributed by atoms with Crippen LogP contribution in [-0.4, -0.2) is 29.0 Å². The molecule has 106 valence electrons. The minimum atomic E-state index is -0.229. The zero-order chi connectivity index (χ0) is 13.8. The SMILES string of the molecule is CC(C)Cn1ncc(NC2CCOCC2)c(Cl)c1=O. The van der Waals surface area contributed by atoms with E-state index in [1.165, 1.54) is 4.68 Å². The maximum atomic E-state index is 12.1. The Balaban J connectivity index is 2.13. The lowest BCUT2D eigenvalue weighted by Crippen LogP contribution is -2.31. The summed E-state index contributed by atoms with van der Waals surface area (Å²) in [6.07, 6.45) is 3.48. The molecule has 2 heterocycles. The number of rotatable bonds is 4. The van der Waals surface area contributed by atoms with Crippen LogP contribution >= 0.6 is 11.6 Å². The summed E-state index contributed by atoms with van der Waals surface area (Å²) in [5.41, 5.74) is 0.394. The van der Waals surface area contributed by atoms with Gasteiger partial charge in [0.05, 0.1) is 11.9 Å². The van der Waals surface area contributed by atoms with E-state index < -0.39 is 0 Å². The van der Waals surface area contributed by atoms with Crippen LogP contribution in [-0.2, 0) is 11.3 Å². The van der Waals surface area contributed by atoms with Crippen molar-refractivity contribution in [2.45, 2.75) is 39.3 Å². The zero-order valence-electron chi connectivity index (χ0n) is 11.4. The number of aromatic nitrogens is 2. The molecule has 6 heteroatoms. The molecular weight excluding hydrogens is 266 g/mol. The van der Waals surface area contributed by atoms with Gasteiger partial charge in [-0.3, -0.25) is 4.79 Å². The molecule has 1 aromatic rings. The van der Waals surface area contributed by atoms with E-state index in [-0.39, 0.29) is 10.6 Å². The van der Waals surface area contributed by atoms with Gasteiger partial charge in [-0.25, -0.2) is 4.68 Å². The minimum Gasteiger partial charge on any atom is -0.381 e. The summed E-state index contributed by atoms with van der Waals surface area (Å²) in [5.74, 6) is 0.357. The molecule has 0 amide bonds. The highest BCUT2D eigenvalue weighted by atomic mass is 35.5. The Labute approximate surface area is 117 Å². The van der Waals surface area contributed by atoms with Gasteiger partial charge < -0.3 is 10.1 Å². The van der Waals surface area contributed by atoms with Crippen LogP contribution in [0.4, 0.5) is 5.69 Å². The average molecular weight is 286 g/mol. The molecule has 1 fully saturated rings. The van der Waals surface area contributed by atoms with Gasteiger partial charge in [-0.2, -0.15) is 5.10 Å². The molecule has 1 aromatic heterocycles. The third-order valence-corrected chi connectivity index (χ3v) is 3.47. The van der Waals surface area contributed by atoms with Crippen molar-refractivity contribution in [2.24, 2.45) is 5.92 Å². The monoisotopic (exact) mass is 285 g/mol. The first-order valence-electron chi connectivity index (χ1n) is 6.68. The Morgan fingerprint density at radius 3 is 2.84 bits per heavy atom. The second kappa shape index (κ2) is 6.39. The summed E-state index contributed by atoms with van der Waals surface area (Å²) in [4.78, 5) is 12.1. The average Bonchev–Trinajstić information content (AvgIpc) is 2.39. The lowest BCUT2D eigenvalue weighted by atomic mass is 10.1. The van der Waals surface area contributed by atoms with Crippen LogP contribution in [0.3, 0.4) is 0 Å². The molecule has 0 unspecified atom stereocenters. The van der Waals surface area contributed by atoms with E-state index in [2.05, 4.69) is 10.4 Å². The van der Waals surface area contributed by atoms with Crippen LogP contribution in [0.25, 0.3) is 0 Å². The predicted molar refractivity (Wildman–Crippen MR) is 75.8 cm³/mol. The van der Waals surface area contributed by atoms with Crippen molar-refractivity contribution < 1.29 is 4.74 Å². The Kier molecular flexibility index (Phi) is 4.82. The van der Waals surface area contributed by atoms with Crippen LogP contribution in [0.15, 0.2) is 11.0 Å². The van der Waals surface area contributed by atoms with Gasteiger partial charge in [0.15, 0.2) is 0 Å². The highest BCUT2D eigenvalue weighted by Gasteiger charge is 2.17. The van der Waals surface area contributed by atoms with Crippen molar-refractivity contribution in [1.29, 1.82) is 0 Å². The normalized spacial score (nSPS) is 16.8. The summed E-state index contributed by atoms with van der Waals surface area (Å²) in [6, 6.07) is 0.299. The van der Waals surface area contributed by atoms with Crippen molar-refractivity contribution in [3.05, 3.63) is 21.6 Å². The first kappa shape index (κ1) is 14.3. The molecule has 0 saturated carbocycles. The Morgan fingerprint density at radius 1 is 1.53 bits per heavy atom. The van der Waals surface area contributed by atoms with Crippen molar-refractivity contribution in [1.82, 2.24) is 9.78 Å². The van der Waals surface area contributed by atoms with Crippen molar-refractivity contribution in [3.63, 3.8) is 0 Å². The number of ether oxygens (including phenoxy) is 1. The van der Waals surface area contributed by atoms with Crippen LogP contribution < -0.4 is 10.9 Å². The fraction of sp³-hybridized carbons (Fsp3) is 0.692. The van der Waals surface area contributed by atoms with E-state index in [0.29, 0.717) is 24.2 Å². The van der Waals surface area contributed by atoms with Gasteiger partial charge in [-0.15, -0.1) is 0 Å². The fourth-order valence-corrected chi connectivity index (χ4v) is 2.30. The number of anilines is 1. The quantitative estimate of drug-likeness (QED) is 0.921. The van der Waals surface area contributed by atoms with Crippen LogP contribution in [0, 0.1) is 5.92 Å². The van der Waals surface area contributed by atoms with Crippen molar-refractivity contribution in [2.75, 3.05) is 18.5 Å². The summed E-state index contributed by atoms with van der Waals surface area (Å²) in [6.45, 7) is 6.14. The summed E-state index contributed by atoms with van der Waals surface area (Å²) < 4.78 is 6.72. The van der Waals surface area contributed by atoms with E-state index >= 15 is 0 Å². The molecule has 2 rings (SSSR count). The van der Waals surface area contributed by atoms with Gasteiger partial charge >= 0.3 is 0 Å². The van der Waals surface area contributed by atoms with Crippen LogP contribution in [0.1, 0.15) is 26.7 Å². The number of halogens is 1. The molecule has 0 bridgehead atoms. The van der Waals surface area contributed by atoms with Gasteiger partial charge in [-0.1, -0.05) is 25.4 Å². The fourth-order valence-electron chi connectivity index (χ4n) is 2.10. The molecule has 0 spiro atoms. The summed E-state index contributed by atoms with van der Waals surface area (Å²) >= 11 is 6.13. The van der Waals surface area contributed by atoms with E-state index in [0.717, 1.165) is 26.1 Å². The molecule has 0 aliphatic carbocycles. The molecular formula is C13H20ClN3O2. The van der Waals surface area contributed by atoms with Gasteiger partial charge in [0.1, 0.15) is 5.02 Å². The van der Waals surface area contributed by atoms with Gasteiger partial charge in [0.25, 0.3) is 5.56 Å². The van der Waals surface area contributed by atoms with E-state index in [1.807, 2.05) is 13.8 Å². The third-order valence-electron chi connectivity index (χ3n) is 3.10. The first-order chi connectivity index (χ1) is 9.08. The smallest absolute Gasteiger partial charge is 0.287 e. The van der Waals surface area contributed by atoms with E-state index in [1.54, 1.807) is 6.20 Å². The molecule has 0 radical (unpaired) electrons. The first-order valence-corrected chi connectivity index (χ1v) is 7.05. The second-order valence-corrected chi connectivity index (χ2v) is 5.66. The maximum Gasteiger partial charge on any atom is 0.287 e. The second-order valence-electron chi connectivity index (χ2n) is 5.28. The highest BCUT2D eigenvalue weighted by Crippen LogP contribution is 2.20. The molecule has 5 nitrogen and oxygen atoms in total. The van der Waals surface area contributed by atoms with Gasteiger partial charge in [0, 0.05) is 25.8 Å². The molecule has 1 aliphatic heterocycles. The lowest BCUT2D eigenvalue weighted by Gasteiger charge is -2.24. The van der Waals surface area contributed by atoms with E-state index in [4.69, 9.17) is 16.3 Å². The Bertz CT molecular complexity index is 481.